The number of urea groups is 1. The Morgan fingerprint density at radius 1 is 0.897 bits per heavy atom. The third kappa shape index (κ3) is 4.98. The van der Waals surface area contributed by atoms with E-state index < -0.39 is 11.6 Å². The van der Waals surface area contributed by atoms with Gasteiger partial charge in [-0.25, -0.2) is 18.6 Å². The third-order valence-corrected chi connectivity index (χ3v) is 7.07. The van der Waals surface area contributed by atoms with Crippen LogP contribution in [0.1, 0.15) is 0 Å². The van der Waals surface area contributed by atoms with Crippen LogP contribution in [0.15, 0.2) is 73.3 Å². The van der Waals surface area contributed by atoms with Crippen molar-refractivity contribution < 1.29 is 13.6 Å². The smallest absolute Gasteiger partial charge is 0.321 e. The summed E-state index contributed by atoms with van der Waals surface area (Å²) in [6.07, 6.45) is 5.44. The second kappa shape index (κ2) is 9.95. The lowest BCUT2D eigenvalue weighted by Gasteiger charge is -2.32. The van der Waals surface area contributed by atoms with Crippen LogP contribution >= 0.6 is 0 Å². The lowest BCUT2D eigenvalue weighted by Crippen LogP contribution is -2.48. The number of hydrogen-bond donors (Lipinski definition) is 1. The maximum atomic E-state index is 14.8. The normalized spacial score (nSPS) is 14.2. The summed E-state index contributed by atoms with van der Waals surface area (Å²) >= 11 is 0. The van der Waals surface area contributed by atoms with Gasteiger partial charge >= 0.3 is 6.03 Å². The summed E-state index contributed by atoms with van der Waals surface area (Å²) in [6, 6.07) is 14.6. The molecule has 2 amide bonds. The molecule has 2 aromatic heterocycles. The summed E-state index contributed by atoms with van der Waals surface area (Å²) in [5, 5.41) is 7.22. The predicted octanol–water partition coefficient (Wildman–Crippen LogP) is 5.15. The van der Waals surface area contributed by atoms with Gasteiger partial charge < -0.3 is 15.1 Å². The Morgan fingerprint density at radius 2 is 1.72 bits per heavy atom. The van der Waals surface area contributed by atoms with Crippen molar-refractivity contribution in [1.29, 1.82) is 0 Å². The molecule has 0 radical (unpaired) electrons. The van der Waals surface area contributed by atoms with Gasteiger partial charge in [-0.2, -0.15) is 5.10 Å². The van der Waals surface area contributed by atoms with Gasteiger partial charge in [-0.3, -0.25) is 9.25 Å². The van der Waals surface area contributed by atoms with E-state index in [0.29, 0.717) is 30.0 Å². The predicted molar refractivity (Wildman–Crippen MR) is 147 cm³/mol. The average Bonchev–Trinajstić information content (AvgIpc) is 3.54. The van der Waals surface area contributed by atoms with E-state index in [9.17, 15) is 13.6 Å². The number of nitrogens with one attached hydrogen (secondary N) is 1. The molecule has 0 aliphatic carbocycles. The number of amides is 2. The molecule has 5 aromatic rings. The largest absolute Gasteiger partial charge is 0.322 e. The number of aryl methyl sites for hydroxylation is 1. The van der Waals surface area contributed by atoms with Crippen molar-refractivity contribution in [3.63, 3.8) is 0 Å². The fourth-order valence-electron chi connectivity index (χ4n) is 4.88. The minimum atomic E-state index is -0.680. The van der Waals surface area contributed by atoms with Gasteiger partial charge in [0.1, 0.15) is 18.0 Å². The van der Waals surface area contributed by atoms with Crippen LogP contribution in [0.4, 0.5) is 19.3 Å². The van der Waals surface area contributed by atoms with Crippen molar-refractivity contribution in [1.82, 2.24) is 29.1 Å². The first-order valence-electron chi connectivity index (χ1n) is 12.7. The van der Waals surface area contributed by atoms with E-state index in [2.05, 4.69) is 20.3 Å². The molecule has 0 bridgehead atoms. The molecule has 1 N–H and O–H groups in total. The molecule has 1 fully saturated rings. The molecule has 0 atom stereocenters. The number of piperazine rings is 1. The number of carbonyl (C=O) groups is 1. The zero-order valence-electron chi connectivity index (χ0n) is 21.6. The lowest BCUT2D eigenvalue weighted by atomic mass is 10.0. The van der Waals surface area contributed by atoms with Gasteiger partial charge in [-0.05, 0) is 60.6 Å². The number of rotatable bonds is 4. The highest BCUT2D eigenvalue weighted by Crippen LogP contribution is 2.32. The van der Waals surface area contributed by atoms with Gasteiger partial charge in [0.05, 0.1) is 17.2 Å². The molecule has 1 aliphatic heterocycles. The number of carbonyl (C=O) groups excluding carboxylic acids is 1. The highest BCUT2D eigenvalue weighted by Gasteiger charge is 2.20. The number of anilines is 1. The quantitative estimate of drug-likeness (QED) is 0.351. The number of hydrogen-bond acceptors (Lipinski definition) is 4. The fraction of sp³-hybridized carbons (Fsp3) is 0.207. The first kappa shape index (κ1) is 24.7. The SMILES string of the molecule is CN1CCN(C(=O)Nc2cc(-c3ccc(F)cc3F)cc(-n3cnc4cc(-c5cnn(C)c5)ccc43)c2)CC1. The van der Waals surface area contributed by atoms with Crippen LogP contribution in [0.5, 0.6) is 0 Å². The van der Waals surface area contributed by atoms with Gasteiger partial charge in [0.25, 0.3) is 0 Å². The summed E-state index contributed by atoms with van der Waals surface area (Å²) in [6.45, 7) is 2.82. The number of nitrogens with zero attached hydrogens (tertiary/aromatic N) is 6. The fourth-order valence-corrected chi connectivity index (χ4v) is 4.88. The van der Waals surface area contributed by atoms with Gasteiger partial charge in [0.2, 0.25) is 0 Å². The Hall–Kier alpha value is -4.57. The number of benzene rings is 3. The standard InChI is InChI=1S/C29H27F2N7O/c1-35-7-9-37(10-8-35)29(39)34-23-11-20(25-5-4-22(30)14-26(25)31)12-24(15-23)38-18-32-27-13-19(3-6-28(27)38)21-16-33-36(2)17-21/h3-6,11-18H,7-10H2,1-2H3,(H,34,39). The molecule has 1 saturated heterocycles. The van der Waals surface area contributed by atoms with E-state index in [-0.39, 0.29) is 11.6 Å². The minimum Gasteiger partial charge on any atom is -0.322 e. The topological polar surface area (TPSA) is 71.2 Å². The summed E-state index contributed by atoms with van der Waals surface area (Å²) in [4.78, 5) is 21.6. The molecule has 3 heterocycles. The first-order valence-corrected chi connectivity index (χ1v) is 12.7. The van der Waals surface area contributed by atoms with Crippen LogP contribution in [0.3, 0.4) is 0 Å². The molecular formula is C29H27F2N7O. The van der Waals surface area contributed by atoms with Gasteiger partial charge in [0, 0.05) is 68.0 Å². The van der Waals surface area contributed by atoms with Gasteiger partial charge in [-0.15, -0.1) is 0 Å². The van der Waals surface area contributed by atoms with E-state index in [1.54, 1.807) is 34.2 Å². The second-order valence-electron chi connectivity index (χ2n) is 9.83. The highest BCUT2D eigenvalue weighted by atomic mass is 19.1. The summed E-state index contributed by atoms with van der Waals surface area (Å²) in [7, 11) is 3.89. The van der Waals surface area contributed by atoms with E-state index >= 15 is 0 Å². The minimum absolute atomic E-state index is 0.220. The Morgan fingerprint density at radius 3 is 2.46 bits per heavy atom. The zero-order valence-corrected chi connectivity index (χ0v) is 21.6. The van der Waals surface area contributed by atoms with Crippen molar-refractivity contribution in [2.75, 3.05) is 38.5 Å². The third-order valence-electron chi connectivity index (χ3n) is 7.07. The van der Waals surface area contributed by atoms with Crippen LogP contribution in [-0.2, 0) is 7.05 Å². The van der Waals surface area contributed by atoms with Crippen molar-refractivity contribution in [2.24, 2.45) is 7.05 Å². The average molecular weight is 528 g/mol. The van der Waals surface area contributed by atoms with Crippen LogP contribution in [-0.4, -0.2) is 68.4 Å². The summed E-state index contributed by atoms with van der Waals surface area (Å²) in [5.74, 6) is -1.33. The number of fused-ring (bicyclic) bond motifs is 1. The van der Waals surface area contributed by atoms with E-state index in [0.717, 1.165) is 41.3 Å². The van der Waals surface area contributed by atoms with Gasteiger partial charge in [0.15, 0.2) is 0 Å². The van der Waals surface area contributed by atoms with E-state index in [1.165, 1.54) is 12.1 Å². The first-order chi connectivity index (χ1) is 18.8. The molecular weight excluding hydrogens is 500 g/mol. The molecule has 8 nitrogen and oxygen atoms in total. The van der Waals surface area contributed by atoms with Crippen molar-refractivity contribution in [2.45, 2.75) is 0 Å². The molecule has 10 heteroatoms. The maximum Gasteiger partial charge on any atom is 0.321 e. The molecule has 3 aromatic carbocycles. The molecule has 198 valence electrons. The second-order valence-corrected chi connectivity index (χ2v) is 9.83. The van der Waals surface area contributed by atoms with Crippen LogP contribution in [0, 0.1) is 11.6 Å². The van der Waals surface area contributed by atoms with Crippen LogP contribution in [0.2, 0.25) is 0 Å². The number of imidazole rings is 1. The zero-order chi connectivity index (χ0) is 27.1. The summed E-state index contributed by atoms with van der Waals surface area (Å²) in [5.41, 5.74) is 5.52. The highest BCUT2D eigenvalue weighted by molar-refractivity contribution is 5.91. The van der Waals surface area contributed by atoms with Crippen molar-refractivity contribution in [3.8, 4) is 27.9 Å². The molecule has 0 spiro atoms. The Bertz CT molecular complexity index is 1680. The molecule has 0 unspecified atom stereocenters. The molecule has 1 aliphatic rings. The Labute approximate surface area is 224 Å². The molecule has 39 heavy (non-hydrogen) atoms. The Balaban J connectivity index is 1.40. The summed E-state index contributed by atoms with van der Waals surface area (Å²) < 4.78 is 32.1. The van der Waals surface area contributed by atoms with E-state index in [4.69, 9.17) is 0 Å². The van der Waals surface area contributed by atoms with Crippen molar-refractivity contribution in [3.05, 3.63) is 85.0 Å². The molecule has 0 saturated carbocycles. The number of aromatic nitrogens is 4. The number of halogens is 2. The van der Waals surface area contributed by atoms with Gasteiger partial charge in [-0.1, -0.05) is 6.07 Å². The van der Waals surface area contributed by atoms with Crippen LogP contribution < -0.4 is 5.32 Å². The van der Waals surface area contributed by atoms with Crippen molar-refractivity contribution >= 4 is 22.8 Å². The van der Waals surface area contributed by atoms with E-state index in [1.807, 2.05) is 49.1 Å². The maximum absolute atomic E-state index is 14.8. The monoisotopic (exact) mass is 527 g/mol. The Kier molecular flexibility index (Phi) is 6.32. The lowest BCUT2D eigenvalue weighted by molar-refractivity contribution is 0.164. The van der Waals surface area contributed by atoms with Crippen LogP contribution in [0.25, 0.3) is 39.0 Å². The number of likely N-dealkylation sites (N-methyl/N-ethyl adjacent to an activating group) is 1. The molecule has 6 rings (SSSR count).